The van der Waals surface area contributed by atoms with E-state index in [1.54, 1.807) is 18.3 Å². The molecule has 0 fully saturated rings. The highest BCUT2D eigenvalue weighted by molar-refractivity contribution is 7.89. The molecule has 0 saturated heterocycles. The number of anilines is 2. The summed E-state index contributed by atoms with van der Waals surface area (Å²) in [6.45, 7) is 2.74. The molecule has 0 bridgehead atoms. The molecule has 0 aliphatic heterocycles. The molecular formula is C18H19N5O2S2. The molecule has 4 N–H and O–H groups in total. The molecule has 3 aromatic rings. The van der Waals surface area contributed by atoms with Crippen molar-refractivity contribution >= 4 is 38.7 Å². The van der Waals surface area contributed by atoms with Crippen molar-refractivity contribution in [2.75, 3.05) is 10.6 Å². The molecule has 0 unspecified atom stereocenters. The number of hydrogen-bond donors (Lipinski definition) is 3. The van der Waals surface area contributed by atoms with Gasteiger partial charge >= 0.3 is 0 Å². The van der Waals surface area contributed by atoms with Crippen LogP contribution in [0, 0.1) is 6.92 Å². The van der Waals surface area contributed by atoms with E-state index >= 15 is 0 Å². The molecule has 27 heavy (non-hydrogen) atoms. The summed E-state index contributed by atoms with van der Waals surface area (Å²) in [5.74, 6) is 0. The van der Waals surface area contributed by atoms with Crippen LogP contribution in [0.2, 0.25) is 0 Å². The molecule has 0 atom stereocenters. The van der Waals surface area contributed by atoms with Crippen molar-refractivity contribution in [2.45, 2.75) is 18.4 Å². The Bertz CT molecular complexity index is 1060. The van der Waals surface area contributed by atoms with Crippen molar-refractivity contribution in [2.24, 2.45) is 5.14 Å². The van der Waals surface area contributed by atoms with Crippen LogP contribution in [0.3, 0.4) is 0 Å². The van der Waals surface area contributed by atoms with Crippen LogP contribution in [0.15, 0.2) is 65.8 Å². The first kappa shape index (κ1) is 19.0. The minimum Gasteiger partial charge on any atom is -0.332 e. The first-order valence-electron chi connectivity index (χ1n) is 8.09. The summed E-state index contributed by atoms with van der Waals surface area (Å²) in [6.07, 6.45) is 3.56. The fourth-order valence-corrected chi connectivity index (χ4v) is 3.25. The number of nitrogens with one attached hydrogen (secondary N) is 2. The quantitative estimate of drug-likeness (QED) is 0.568. The summed E-state index contributed by atoms with van der Waals surface area (Å²) >= 11 is 5.28. The lowest BCUT2D eigenvalue weighted by Crippen LogP contribution is -2.19. The number of sulfonamides is 1. The first-order valence-corrected chi connectivity index (χ1v) is 10.0. The summed E-state index contributed by atoms with van der Waals surface area (Å²) in [5, 5.41) is 15.8. The third-order valence-electron chi connectivity index (χ3n) is 3.93. The van der Waals surface area contributed by atoms with Crippen LogP contribution in [0.4, 0.5) is 11.4 Å². The van der Waals surface area contributed by atoms with Gasteiger partial charge in [-0.25, -0.2) is 13.6 Å². The van der Waals surface area contributed by atoms with Gasteiger partial charge in [0.2, 0.25) is 10.0 Å². The van der Waals surface area contributed by atoms with E-state index < -0.39 is 10.0 Å². The fraction of sp³-hybridized carbons (Fsp3) is 0.111. The summed E-state index contributed by atoms with van der Waals surface area (Å²) in [5.41, 5.74) is 3.81. The summed E-state index contributed by atoms with van der Waals surface area (Å²) in [6, 6.07) is 14.2. The molecule has 0 aliphatic rings. The Hall–Kier alpha value is -2.75. The highest BCUT2D eigenvalue weighted by atomic mass is 32.2. The highest BCUT2D eigenvalue weighted by Crippen LogP contribution is 2.14. The van der Waals surface area contributed by atoms with Gasteiger partial charge in [-0.2, -0.15) is 5.10 Å². The molecule has 9 heteroatoms. The molecule has 0 spiro atoms. The molecule has 0 aliphatic carbocycles. The smallest absolute Gasteiger partial charge is 0.238 e. The Morgan fingerprint density at radius 3 is 2.44 bits per heavy atom. The number of hydrogen-bond acceptors (Lipinski definition) is 4. The maximum Gasteiger partial charge on any atom is 0.238 e. The summed E-state index contributed by atoms with van der Waals surface area (Å²) in [7, 11) is -3.71. The average Bonchev–Trinajstić information content (AvgIpc) is 3.03. The van der Waals surface area contributed by atoms with Crippen LogP contribution < -0.4 is 15.8 Å². The first-order chi connectivity index (χ1) is 12.8. The van der Waals surface area contributed by atoms with Crippen LogP contribution in [-0.2, 0) is 16.6 Å². The predicted molar refractivity (Wildman–Crippen MR) is 110 cm³/mol. The second-order valence-corrected chi connectivity index (χ2v) is 7.97. The van der Waals surface area contributed by atoms with Crippen molar-refractivity contribution in [1.29, 1.82) is 0 Å². The van der Waals surface area contributed by atoms with Crippen LogP contribution in [-0.4, -0.2) is 23.3 Å². The highest BCUT2D eigenvalue weighted by Gasteiger charge is 2.08. The van der Waals surface area contributed by atoms with E-state index in [1.807, 2.05) is 23.0 Å². The SMILES string of the molecule is Cc1ccccc1Cn1cc(NC(=S)Nc2ccc(S(N)(=O)=O)cc2)cn1. The van der Waals surface area contributed by atoms with Gasteiger partial charge in [-0.1, -0.05) is 24.3 Å². The predicted octanol–water partition coefficient (Wildman–Crippen LogP) is 2.70. The number of nitrogens with zero attached hydrogens (tertiary/aromatic N) is 2. The van der Waals surface area contributed by atoms with Gasteiger partial charge in [0.05, 0.1) is 23.3 Å². The van der Waals surface area contributed by atoms with Crippen molar-refractivity contribution in [3.8, 4) is 0 Å². The maximum absolute atomic E-state index is 11.3. The molecule has 0 radical (unpaired) electrons. The van der Waals surface area contributed by atoms with E-state index in [-0.39, 0.29) is 4.90 Å². The average molecular weight is 402 g/mol. The van der Waals surface area contributed by atoms with Gasteiger partial charge in [0.1, 0.15) is 0 Å². The number of nitrogens with two attached hydrogens (primary N) is 1. The van der Waals surface area contributed by atoms with Gasteiger partial charge in [-0.05, 0) is 54.5 Å². The van der Waals surface area contributed by atoms with Crippen molar-refractivity contribution < 1.29 is 8.42 Å². The van der Waals surface area contributed by atoms with E-state index in [0.29, 0.717) is 17.3 Å². The second-order valence-electron chi connectivity index (χ2n) is 6.00. The normalized spacial score (nSPS) is 11.2. The number of aryl methyl sites for hydroxylation is 1. The largest absolute Gasteiger partial charge is 0.332 e. The zero-order chi connectivity index (χ0) is 19.4. The maximum atomic E-state index is 11.3. The molecular weight excluding hydrogens is 382 g/mol. The standard InChI is InChI=1S/C18H19N5O2S2/c1-13-4-2-3-5-14(13)11-23-12-16(10-20-23)22-18(26)21-15-6-8-17(9-7-15)27(19,24)25/h2-10,12H,11H2,1H3,(H2,19,24,25)(H2,21,22,26). The van der Waals surface area contributed by atoms with Gasteiger partial charge in [-0.15, -0.1) is 0 Å². The van der Waals surface area contributed by atoms with E-state index in [2.05, 4.69) is 34.8 Å². The van der Waals surface area contributed by atoms with Gasteiger partial charge in [-0.3, -0.25) is 4.68 Å². The van der Waals surface area contributed by atoms with Crippen LogP contribution in [0.25, 0.3) is 0 Å². The van der Waals surface area contributed by atoms with Crippen LogP contribution in [0.5, 0.6) is 0 Å². The molecule has 1 heterocycles. The third kappa shape index (κ3) is 5.13. The van der Waals surface area contributed by atoms with Gasteiger partial charge < -0.3 is 10.6 Å². The van der Waals surface area contributed by atoms with Crippen LogP contribution in [0.1, 0.15) is 11.1 Å². The number of benzene rings is 2. The zero-order valence-electron chi connectivity index (χ0n) is 14.6. The molecule has 140 valence electrons. The number of primary sulfonamides is 1. The van der Waals surface area contributed by atoms with Crippen molar-refractivity contribution in [1.82, 2.24) is 9.78 Å². The fourth-order valence-electron chi connectivity index (χ4n) is 2.50. The minimum absolute atomic E-state index is 0.0457. The van der Waals surface area contributed by atoms with E-state index in [1.165, 1.54) is 23.3 Å². The van der Waals surface area contributed by atoms with Crippen molar-refractivity contribution in [3.63, 3.8) is 0 Å². The lowest BCUT2D eigenvalue weighted by atomic mass is 10.1. The Balaban J connectivity index is 1.60. The molecule has 3 rings (SSSR count). The molecule has 7 nitrogen and oxygen atoms in total. The molecule has 0 amide bonds. The lowest BCUT2D eigenvalue weighted by molar-refractivity contribution is 0.598. The van der Waals surface area contributed by atoms with E-state index in [9.17, 15) is 8.42 Å². The van der Waals surface area contributed by atoms with E-state index in [4.69, 9.17) is 17.4 Å². The molecule has 2 aromatic carbocycles. The monoisotopic (exact) mass is 401 g/mol. The Morgan fingerprint density at radius 1 is 1.11 bits per heavy atom. The topological polar surface area (TPSA) is 102 Å². The van der Waals surface area contributed by atoms with Gasteiger partial charge in [0.25, 0.3) is 0 Å². The third-order valence-corrected chi connectivity index (χ3v) is 5.06. The van der Waals surface area contributed by atoms with Gasteiger partial charge in [0, 0.05) is 11.9 Å². The summed E-state index contributed by atoms with van der Waals surface area (Å²) in [4.78, 5) is 0.0457. The van der Waals surface area contributed by atoms with E-state index in [0.717, 1.165) is 5.69 Å². The van der Waals surface area contributed by atoms with Gasteiger partial charge in [0.15, 0.2) is 5.11 Å². The van der Waals surface area contributed by atoms with Crippen LogP contribution >= 0.6 is 12.2 Å². The Labute approximate surface area is 163 Å². The second kappa shape index (κ2) is 7.87. The zero-order valence-corrected chi connectivity index (χ0v) is 16.2. The van der Waals surface area contributed by atoms with Crippen molar-refractivity contribution in [3.05, 3.63) is 72.1 Å². The molecule has 1 aromatic heterocycles. The number of thiocarbonyl (C=S) groups is 1. The Morgan fingerprint density at radius 2 is 1.78 bits per heavy atom. The minimum atomic E-state index is -3.71. The summed E-state index contributed by atoms with van der Waals surface area (Å²) < 4.78 is 24.4. The Kier molecular flexibility index (Phi) is 5.54. The number of aromatic nitrogens is 2. The molecule has 0 saturated carbocycles. The lowest BCUT2D eigenvalue weighted by Gasteiger charge is -2.09. The number of rotatable bonds is 5.